The molecule has 0 aliphatic carbocycles. The molecule has 0 aliphatic heterocycles. The number of carbonyl (C=O) groups excluding carboxylic acids is 2. The largest absolute Gasteiger partial charge is 0.456 e. The Bertz CT molecular complexity index is 1220. The van der Waals surface area contributed by atoms with Gasteiger partial charge in [0.15, 0.2) is 0 Å². The average Bonchev–Trinajstić information content (AvgIpc) is 2.71. The average molecular weight is 589 g/mol. The van der Waals surface area contributed by atoms with Gasteiger partial charge >= 0.3 is 6.03 Å². The summed E-state index contributed by atoms with van der Waals surface area (Å²) in [5.74, 6) is -2.36. The lowest BCUT2D eigenvalue weighted by Crippen LogP contribution is -2.35. The van der Waals surface area contributed by atoms with Crippen LogP contribution in [0.15, 0.2) is 51.4 Å². The first-order valence-electron chi connectivity index (χ1n) is 9.07. The molecule has 0 saturated carbocycles. The quantitative estimate of drug-likeness (QED) is 0.332. The summed E-state index contributed by atoms with van der Waals surface area (Å²) in [5, 5.41) is 4.54. The summed E-state index contributed by atoms with van der Waals surface area (Å²) in [4.78, 5) is 24.4. The van der Waals surface area contributed by atoms with Crippen molar-refractivity contribution in [1.82, 2.24) is 5.32 Å². The number of anilines is 1. The lowest BCUT2D eigenvalue weighted by atomic mass is 10.1. The Morgan fingerprint density at radius 1 is 1.00 bits per heavy atom. The van der Waals surface area contributed by atoms with Crippen LogP contribution in [0.25, 0.3) is 0 Å². The number of nitrogens with one attached hydrogen (secondary N) is 2. The molecular weight excluding hydrogens is 574 g/mol. The van der Waals surface area contributed by atoms with Gasteiger partial charge in [-0.15, -0.1) is 0 Å². The molecule has 0 saturated heterocycles. The lowest BCUT2D eigenvalue weighted by molar-refractivity contribution is 0.0959. The zero-order chi connectivity index (χ0) is 23.6. The molecule has 0 aromatic heterocycles. The number of hydrogen-bond acceptors (Lipinski definition) is 3. The summed E-state index contributed by atoms with van der Waals surface area (Å²) in [6.45, 7) is 3.38. The summed E-state index contributed by atoms with van der Waals surface area (Å²) in [5.41, 5.74) is 0.452. The molecule has 2 N–H and O–H groups in total. The van der Waals surface area contributed by atoms with Crippen LogP contribution in [-0.4, -0.2) is 11.9 Å². The maximum absolute atomic E-state index is 13.8. The van der Waals surface area contributed by atoms with E-state index in [-0.39, 0.29) is 10.7 Å². The van der Waals surface area contributed by atoms with Crippen molar-refractivity contribution in [2.45, 2.75) is 13.8 Å². The molecule has 0 atom stereocenters. The third kappa shape index (κ3) is 5.28. The SMILES string of the molecule is Cc1cc(Oc2ccc(Br)cc2Br)c(C)c(Cl)c1NC(=O)NC(=O)c1c(F)cccc1F. The summed E-state index contributed by atoms with van der Waals surface area (Å²) >= 11 is 13.2. The van der Waals surface area contributed by atoms with E-state index in [1.54, 1.807) is 26.0 Å². The fourth-order valence-electron chi connectivity index (χ4n) is 2.81. The van der Waals surface area contributed by atoms with Crippen molar-refractivity contribution >= 4 is 61.1 Å². The summed E-state index contributed by atoms with van der Waals surface area (Å²) in [7, 11) is 0. The maximum Gasteiger partial charge on any atom is 0.326 e. The van der Waals surface area contributed by atoms with Gasteiger partial charge in [-0.3, -0.25) is 10.1 Å². The Kier molecular flexibility index (Phi) is 7.53. The molecule has 0 unspecified atom stereocenters. The monoisotopic (exact) mass is 586 g/mol. The van der Waals surface area contributed by atoms with Crippen LogP contribution in [0.1, 0.15) is 21.5 Å². The predicted octanol–water partition coefficient (Wildman–Crippen LogP) is 7.51. The highest BCUT2D eigenvalue weighted by atomic mass is 79.9. The molecule has 0 fully saturated rings. The Balaban J connectivity index is 1.81. The van der Waals surface area contributed by atoms with Crippen molar-refractivity contribution in [3.05, 3.63) is 84.8 Å². The molecule has 0 aliphatic rings. The highest BCUT2D eigenvalue weighted by molar-refractivity contribution is 9.11. The van der Waals surface area contributed by atoms with Crippen LogP contribution in [0.5, 0.6) is 11.5 Å². The molecule has 3 rings (SSSR count). The van der Waals surface area contributed by atoms with E-state index in [0.717, 1.165) is 27.1 Å². The van der Waals surface area contributed by atoms with Crippen molar-refractivity contribution in [2.24, 2.45) is 0 Å². The van der Waals surface area contributed by atoms with E-state index in [2.05, 4.69) is 37.2 Å². The molecular formula is C22H15Br2ClF2N2O3. The second-order valence-electron chi connectivity index (χ2n) is 6.69. The first kappa shape index (κ1) is 24.2. The van der Waals surface area contributed by atoms with E-state index >= 15 is 0 Å². The van der Waals surface area contributed by atoms with Crippen molar-refractivity contribution in [1.29, 1.82) is 0 Å². The molecule has 32 heavy (non-hydrogen) atoms. The number of benzene rings is 3. The number of hydrogen-bond donors (Lipinski definition) is 2. The molecule has 10 heteroatoms. The third-order valence-corrected chi connectivity index (χ3v) is 6.01. The van der Waals surface area contributed by atoms with Gasteiger partial charge in [0.25, 0.3) is 5.91 Å². The van der Waals surface area contributed by atoms with E-state index in [1.807, 2.05) is 17.4 Å². The Labute approximate surface area is 204 Å². The van der Waals surface area contributed by atoms with Crippen LogP contribution >= 0.6 is 43.5 Å². The molecule has 0 bridgehead atoms. The Morgan fingerprint density at radius 3 is 2.28 bits per heavy atom. The normalized spacial score (nSPS) is 10.6. The first-order chi connectivity index (χ1) is 15.1. The molecule has 166 valence electrons. The van der Waals surface area contributed by atoms with Gasteiger partial charge in [-0.1, -0.05) is 33.6 Å². The van der Waals surface area contributed by atoms with Crippen molar-refractivity contribution < 1.29 is 23.1 Å². The number of carbonyl (C=O) groups is 2. The van der Waals surface area contributed by atoms with Gasteiger partial charge in [-0.05, 0) is 71.7 Å². The number of aryl methyl sites for hydroxylation is 1. The zero-order valence-electron chi connectivity index (χ0n) is 16.7. The van der Waals surface area contributed by atoms with Gasteiger partial charge in [0.1, 0.15) is 28.7 Å². The number of amides is 3. The smallest absolute Gasteiger partial charge is 0.326 e. The zero-order valence-corrected chi connectivity index (χ0v) is 20.6. The number of halogens is 5. The van der Waals surface area contributed by atoms with Gasteiger partial charge < -0.3 is 10.1 Å². The fraction of sp³-hybridized carbons (Fsp3) is 0.0909. The third-order valence-electron chi connectivity index (χ3n) is 4.43. The van der Waals surface area contributed by atoms with E-state index in [9.17, 15) is 18.4 Å². The molecule has 3 amide bonds. The highest BCUT2D eigenvalue weighted by Gasteiger charge is 2.21. The lowest BCUT2D eigenvalue weighted by Gasteiger charge is -2.17. The van der Waals surface area contributed by atoms with E-state index in [1.165, 1.54) is 0 Å². The van der Waals surface area contributed by atoms with Crippen LogP contribution < -0.4 is 15.4 Å². The van der Waals surface area contributed by atoms with Crippen LogP contribution in [0.2, 0.25) is 5.02 Å². The Hall–Kier alpha value is -2.49. The van der Waals surface area contributed by atoms with E-state index < -0.39 is 29.1 Å². The van der Waals surface area contributed by atoms with Gasteiger partial charge in [0, 0.05) is 10.0 Å². The number of rotatable bonds is 4. The second kappa shape index (κ2) is 9.97. The summed E-state index contributed by atoms with van der Waals surface area (Å²) in [6.07, 6.45) is 0. The molecule has 0 heterocycles. The van der Waals surface area contributed by atoms with Gasteiger partial charge in [0.05, 0.1) is 15.2 Å². The second-order valence-corrected chi connectivity index (χ2v) is 8.84. The Morgan fingerprint density at radius 2 is 1.66 bits per heavy atom. The molecule has 3 aromatic rings. The summed E-state index contributed by atoms with van der Waals surface area (Å²) < 4.78 is 35.1. The van der Waals surface area contributed by atoms with Gasteiger partial charge in [0.2, 0.25) is 0 Å². The highest BCUT2D eigenvalue weighted by Crippen LogP contribution is 2.39. The van der Waals surface area contributed by atoms with Gasteiger partial charge in [-0.25, -0.2) is 13.6 Å². The fourth-order valence-corrected chi connectivity index (χ4v) is 4.22. The molecule has 0 radical (unpaired) electrons. The standard InChI is InChI=1S/C22H15Br2ClF2N2O3/c1-10-8-17(32-16-7-6-12(23)9-13(16)24)11(2)19(25)20(10)28-22(31)29-21(30)18-14(26)4-3-5-15(18)27/h3-9H,1-2H3,(H2,28,29,30,31). The van der Waals surface area contributed by atoms with Crippen LogP contribution in [-0.2, 0) is 0 Å². The van der Waals surface area contributed by atoms with E-state index in [0.29, 0.717) is 22.6 Å². The van der Waals surface area contributed by atoms with Crippen molar-refractivity contribution in [2.75, 3.05) is 5.32 Å². The maximum atomic E-state index is 13.8. The summed E-state index contributed by atoms with van der Waals surface area (Å²) in [6, 6.07) is 9.04. The van der Waals surface area contributed by atoms with E-state index in [4.69, 9.17) is 16.3 Å². The number of imide groups is 1. The minimum Gasteiger partial charge on any atom is -0.456 e. The first-order valence-corrected chi connectivity index (χ1v) is 11.0. The van der Waals surface area contributed by atoms with Crippen LogP contribution in [0.4, 0.5) is 19.3 Å². The molecule has 3 aromatic carbocycles. The van der Waals surface area contributed by atoms with Gasteiger partial charge in [-0.2, -0.15) is 0 Å². The molecule has 5 nitrogen and oxygen atoms in total. The number of urea groups is 1. The van der Waals surface area contributed by atoms with Crippen molar-refractivity contribution in [3.8, 4) is 11.5 Å². The van der Waals surface area contributed by atoms with Crippen LogP contribution in [0.3, 0.4) is 0 Å². The van der Waals surface area contributed by atoms with Crippen LogP contribution in [0, 0.1) is 25.5 Å². The van der Waals surface area contributed by atoms with Crippen molar-refractivity contribution in [3.63, 3.8) is 0 Å². The topological polar surface area (TPSA) is 67.4 Å². The number of ether oxygens (including phenoxy) is 1. The molecule has 0 spiro atoms. The minimum atomic E-state index is -1.22. The minimum absolute atomic E-state index is 0.188. The predicted molar refractivity (Wildman–Crippen MR) is 126 cm³/mol.